The summed E-state index contributed by atoms with van der Waals surface area (Å²) in [6.45, 7) is 11.6. The fraction of sp³-hybridized carbons (Fsp3) is 0.944. The minimum Gasteiger partial charge on any atom is -0.336 e. The van der Waals surface area contributed by atoms with Crippen LogP contribution in [0.4, 0.5) is 18.0 Å². The number of rotatable bonds is 8. The fourth-order valence-corrected chi connectivity index (χ4v) is 3.55. The first-order chi connectivity index (χ1) is 12.2. The molecule has 1 rings (SSSR count). The SMILES string of the molecule is CCN(CC)[C@@H](CNC(=O)N1CCCN(CC(F)(F)F)CC1)CC(C)C. The highest BCUT2D eigenvalue weighted by atomic mass is 19.4. The monoisotopic (exact) mass is 380 g/mol. The third kappa shape index (κ3) is 8.58. The minimum atomic E-state index is -4.19. The highest BCUT2D eigenvalue weighted by Crippen LogP contribution is 2.17. The van der Waals surface area contributed by atoms with Crippen LogP contribution < -0.4 is 5.32 Å². The van der Waals surface area contributed by atoms with Gasteiger partial charge in [0.1, 0.15) is 0 Å². The van der Waals surface area contributed by atoms with Gasteiger partial charge < -0.3 is 10.2 Å². The van der Waals surface area contributed by atoms with E-state index in [9.17, 15) is 18.0 Å². The van der Waals surface area contributed by atoms with Crippen LogP contribution in [0.15, 0.2) is 0 Å². The maximum absolute atomic E-state index is 12.5. The molecule has 1 fully saturated rings. The summed E-state index contributed by atoms with van der Waals surface area (Å²) in [7, 11) is 0. The van der Waals surface area contributed by atoms with Crippen LogP contribution >= 0.6 is 0 Å². The van der Waals surface area contributed by atoms with Gasteiger partial charge in [-0.3, -0.25) is 9.80 Å². The summed E-state index contributed by atoms with van der Waals surface area (Å²) >= 11 is 0. The third-order valence-electron chi connectivity index (χ3n) is 4.84. The van der Waals surface area contributed by atoms with E-state index in [1.165, 1.54) is 4.90 Å². The van der Waals surface area contributed by atoms with Gasteiger partial charge in [0.15, 0.2) is 0 Å². The standard InChI is InChI=1S/C18H35F3N4O/c1-5-24(6-2)16(12-15(3)4)13-22-17(26)25-9-7-8-23(10-11-25)14-18(19,20)21/h15-16H,5-14H2,1-4H3,(H,22,26)/t16-/m1/s1. The Labute approximate surface area is 155 Å². The summed E-state index contributed by atoms with van der Waals surface area (Å²) in [5.74, 6) is 0.534. The van der Waals surface area contributed by atoms with Gasteiger partial charge in [0, 0.05) is 38.8 Å². The van der Waals surface area contributed by atoms with Gasteiger partial charge in [0.05, 0.1) is 6.54 Å². The number of carbonyl (C=O) groups excluding carboxylic acids is 1. The number of halogens is 3. The largest absolute Gasteiger partial charge is 0.401 e. The van der Waals surface area contributed by atoms with E-state index in [2.05, 4.69) is 37.9 Å². The maximum Gasteiger partial charge on any atom is 0.401 e. The van der Waals surface area contributed by atoms with Gasteiger partial charge in [0.25, 0.3) is 0 Å². The van der Waals surface area contributed by atoms with E-state index in [1.54, 1.807) is 4.90 Å². The number of urea groups is 1. The van der Waals surface area contributed by atoms with Crippen molar-refractivity contribution in [3.05, 3.63) is 0 Å². The van der Waals surface area contributed by atoms with Crippen LogP contribution in [0.2, 0.25) is 0 Å². The van der Waals surface area contributed by atoms with Crippen LogP contribution in [0.3, 0.4) is 0 Å². The van der Waals surface area contributed by atoms with E-state index in [1.807, 2.05) is 0 Å². The van der Waals surface area contributed by atoms with Crippen LogP contribution in [0.5, 0.6) is 0 Å². The van der Waals surface area contributed by atoms with E-state index >= 15 is 0 Å². The van der Waals surface area contributed by atoms with Crippen LogP contribution in [0, 0.1) is 5.92 Å². The Bertz CT molecular complexity index is 414. The molecule has 1 aliphatic heterocycles. The molecule has 0 radical (unpaired) electrons. The zero-order valence-corrected chi connectivity index (χ0v) is 16.6. The Morgan fingerprint density at radius 3 is 2.31 bits per heavy atom. The Morgan fingerprint density at radius 2 is 1.77 bits per heavy atom. The number of nitrogens with zero attached hydrogens (tertiary/aromatic N) is 3. The van der Waals surface area contributed by atoms with Crippen LogP contribution in [-0.4, -0.2) is 85.3 Å². The molecule has 1 atom stereocenters. The first-order valence-electron chi connectivity index (χ1n) is 9.72. The summed E-state index contributed by atoms with van der Waals surface area (Å²) in [5.41, 5.74) is 0. The predicted molar refractivity (Wildman–Crippen MR) is 98.2 cm³/mol. The molecule has 1 heterocycles. The van der Waals surface area contributed by atoms with Gasteiger partial charge in [-0.2, -0.15) is 13.2 Å². The highest BCUT2D eigenvalue weighted by Gasteiger charge is 2.32. The maximum atomic E-state index is 12.5. The number of likely N-dealkylation sites (N-methyl/N-ethyl adjacent to an activating group) is 1. The molecule has 154 valence electrons. The van der Waals surface area contributed by atoms with Crippen LogP contribution in [0.25, 0.3) is 0 Å². The van der Waals surface area contributed by atoms with Crippen molar-refractivity contribution in [3.8, 4) is 0 Å². The van der Waals surface area contributed by atoms with E-state index in [-0.39, 0.29) is 18.6 Å². The summed E-state index contributed by atoms with van der Waals surface area (Å²) in [6.07, 6.45) is -2.62. The van der Waals surface area contributed by atoms with Crippen molar-refractivity contribution in [2.24, 2.45) is 5.92 Å². The van der Waals surface area contributed by atoms with Gasteiger partial charge in [-0.05, 0) is 31.8 Å². The molecule has 8 heteroatoms. The molecular weight excluding hydrogens is 345 g/mol. The van der Waals surface area contributed by atoms with E-state index < -0.39 is 12.7 Å². The first-order valence-corrected chi connectivity index (χ1v) is 9.72. The normalized spacial score (nSPS) is 18.3. The second kappa shape index (κ2) is 11.0. The van der Waals surface area contributed by atoms with Gasteiger partial charge >= 0.3 is 12.2 Å². The number of alkyl halides is 3. The molecule has 26 heavy (non-hydrogen) atoms. The zero-order chi connectivity index (χ0) is 19.7. The second-order valence-electron chi connectivity index (χ2n) is 7.42. The quantitative estimate of drug-likeness (QED) is 0.704. The third-order valence-corrected chi connectivity index (χ3v) is 4.84. The molecule has 0 bridgehead atoms. The Kier molecular flexibility index (Phi) is 9.71. The second-order valence-corrected chi connectivity index (χ2v) is 7.42. The van der Waals surface area contributed by atoms with Gasteiger partial charge in [0.2, 0.25) is 0 Å². The summed E-state index contributed by atoms with van der Waals surface area (Å²) in [6, 6.07) is 0.113. The Hall–Kier alpha value is -1.02. The van der Waals surface area contributed by atoms with E-state index in [0.29, 0.717) is 38.5 Å². The van der Waals surface area contributed by atoms with Crippen molar-refractivity contribution in [2.45, 2.75) is 52.8 Å². The average molecular weight is 380 g/mol. The van der Waals surface area contributed by atoms with E-state index in [4.69, 9.17) is 0 Å². The van der Waals surface area contributed by atoms with Crippen molar-refractivity contribution < 1.29 is 18.0 Å². The average Bonchev–Trinajstić information content (AvgIpc) is 2.76. The Morgan fingerprint density at radius 1 is 1.12 bits per heavy atom. The predicted octanol–water partition coefficient (Wildman–Crippen LogP) is 3.02. The summed E-state index contributed by atoms with van der Waals surface area (Å²) < 4.78 is 37.6. The number of nitrogens with one attached hydrogen (secondary N) is 1. The van der Waals surface area contributed by atoms with Crippen molar-refractivity contribution in [3.63, 3.8) is 0 Å². The number of carbonyl (C=O) groups is 1. The number of amides is 2. The lowest BCUT2D eigenvalue weighted by Crippen LogP contribution is -2.49. The van der Waals surface area contributed by atoms with Gasteiger partial charge in [-0.1, -0.05) is 27.7 Å². The number of hydrogen-bond donors (Lipinski definition) is 1. The van der Waals surface area contributed by atoms with Gasteiger partial charge in [-0.15, -0.1) is 0 Å². The fourth-order valence-electron chi connectivity index (χ4n) is 3.55. The zero-order valence-electron chi connectivity index (χ0n) is 16.6. The minimum absolute atomic E-state index is 0.167. The molecule has 0 aliphatic carbocycles. The Balaban J connectivity index is 2.52. The van der Waals surface area contributed by atoms with Crippen molar-refractivity contribution in [1.82, 2.24) is 20.0 Å². The molecule has 0 saturated carbocycles. The van der Waals surface area contributed by atoms with Crippen LogP contribution in [-0.2, 0) is 0 Å². The molecule has 0 aromatic heterocycles. The summed E-state index contributed by atoms with van der Waals surface area (Å²) in [4.78, 5) is 17.9. The summed E-state index contributed by atoms with van der Waals surface area (Å²) in [5, 5.41) is 3.00. The molecule has 1 N–H and O–H groups in total. The molecule has 0 aromatic rings. The number of hydrogen-bond acceptors (Lipinski definition) is 3. The van der Waals surface area contributed by atoms with Crippen molar-refractivity contribution in [1.29, 1.82) is 0 Å². The lowest BCUT2D eigenvalue weighted by molar-refractivity contribution is -0.145. The smallest absolute Gasteiger partial charge is 0.336 e. The highest BCUT2D eigenvalue weighted by molar-refractivity contribution is 5.74. The molecule has 0 spiro atoms. The lowest BCUT2D eigenvalue weighted by Gasteiger charge is -2.32. The molecule has 2 amide bonds. The van der Waals surface area contributed by atoms with Crippen molar-refractivity contribution >= 4 is 6.03 Å². The lowest BCUT2D eigenvalue weighted by atomic mass is 10.0. The molecule has 0 unspecified atom stereocenters. The molecule has 1 saturated heterocycles. The molecule has 0 aromatic carbocycles. The first kappa shape index (κ1) is 23.0. The molecule has 1 aliphatic rings. The molecular formula is C18H35F3N4O. The van der Waals surface area contributed by atoms with Crippen LogP contribution in [0.1, 0.15) is 40.5 Å². The van der Waals surface area contributed by atoms with E-state index in [0.717, 1.165) is 19.5 Å². The molecule has 5 nitrogen and oxygen atoms in total. The topological polar surface area (TPSA) is 38.8 Å². The van der Waals surface area contributed by atoms with Crippen molar-refractivity contribution in [2.75, 3.05) is 52.4 Å². The van der Waals surface area contributed by atoms with Gasteiger partial charge in [-0.25, -0.2) is 4.79 Å².